The van der Waals surface area contributed by atoms with Crippen molar-refractivity contribution in [2.75, 3.05) is 0 Å². The summed E-state index contributed by atoms with van der Waals surface area (Å²) in [6, 6.07) is 2.62. The fourth-order valence-corrected chi connectivity index (χ4v) is 2.21. The van der Waals surface area contributed by atoms with E-state index in [9.17, 15) is 9.50 Å². The Bertz CT molecular complexity index is 364. The molecule has 0 aliphatic rings. The summed E-state index contributed by atoms with van der Waals surface area (Å²) in [5.74, 6) is -0.515. The zero-order chi connectivity index (χ0) is 12.3. The van der Waals surface area contributed by atoms with Gasteiger partial charge in [-0.2, -0.15) is 0 Å². The molecule has 1 rings (SSSR count). The second-order valence-corrected chi connectivity index (χ2v) is 4.56. The average Bonchev–Trinajstić information content (AvgIpc) is 2.26. The quantitative estimate of drug-likeness (QED) is 0.788. The highest BCUT2D eigenvalue weighted by Crippen LogP contribution is 2.37. The van der Waals surface area contributed by atoms with Crippen molar-refractivity contribution in [3.05, 3.63) is 33.6 Å². The van der Waals surface area contributed by atoms with Crippen LogP contribution in [0.25, 0.3) is 0 Å². The third kappa shape index (κ3) is 2.68. The fraction of sp³-hybridized carbons (Fsp3) is 0.500. The van der Waals surface area contributed by atoms with E-state index >= 15 is 0 Å². The second-order valence-electron chi connectivity index (χ2n) is 3.78. The third-order valence-electron chi connectivity index (χ3n) is 2.87. The van der Waals surface area contributed by atoms with E-state index in [0.717, 1.165) is 12.8 Å². The van der Waals surface area contributed by atoms with Crippen LogP contribution in [0.15, 0.2) is 12.1 Å². The van der Waals surface area contributed by atoms with Gasteiger partial charge in [0.2, 0.25) is 0 Å². The maximum absolute atomic E-state index is 13.6. The van der Waals surface area contributed by atoms with Gasteiger partial charge in [0.05, 0.1) is 16.1 Å². The van der Waals surface area contributed by atoms with E-state index in [1.165, 1.54) is 12.1 Å². The van der Waals surface area contributed by atoms with E-state index in [1.54, 1.807) is 0 Å². The first-order chi connectivity index (χ1) is 7.52. The molecule has 0 radical (unpaired) electrons. The first-order valence-electron chi connectivity index (χ1n) is 5.34. The largest absolute Gasteiger partial charge is 0.388 e. The number of halogens is 3. The summed E-state index contributed by atoms with van der Waals surface area (Å²) in [6.45, 7) is 3.90. The van der Waals surface area contributed by atoms with Crippen molar-refractivity contribution in [2.24, 2.45) is 5.92 Å². The predicted octanol–water partition coefficient (Wildman–Crippen LogP) is 4.60. The molecule has 0 saturated heterocycles. The Morgan fingerprint density at radius 3 is 2.31 bits per heavy atom. The van der Waals surface area contributed by atoms with Gasteiger partial charge in [-0.05, 0) is 18.1 Å². The van der Waals surface area contributed by atoms with Gasteiger partial charge in [0.1, 0.15) is 5.82 Å². The first-order valence-corrected chi connectivity index (χ1v) is 6.09. The molecular formula is C12H15Cl2FO. The monoisotopic (exact) mass is 264 g/mol. The molecule has 0 heterocycles. The van der Waals surface area contributed by atoms with Crippen molar-refractivity contribution in [1.29, 1.82) is 0 Å². The molecule has 1 atom stereocenters. The molecule has 0 aliphatic heterocycles. The maximum Gasteiger partial charge on any atom is 0.130 e. The minimum atomic E-state index is -0.902. The van der Waals surface area contributed by atoms with Crippen LogP contribution in [-0.2, 0) is 0 Å². The molecule has 16 heavy (non-hydrogen) atoms. The Morgan fingerprint density at radius 1 is 1.25 bits per heavy atom. The minimum Gasteiger partial charge on any atom is -0.388 e. The lowest BCUT2D eigenvalue weighted by molar-refractivity contribution is 0.0997. The van der Waals surface area contributed by atoms with Crippen LogP contribution in [0.1, 0.15) is 38.4 Å². The zero-order valence-corrected chi connectivity index (χ0v) is 10.8. The van der Waals surface area contributed by atoms with Gasteiger partial charge < -0.3 is 5.11 Å². The summed E-state index contributed by atoms with van der Waals surface area (Å²) >= 11 is 11.7. The van der Waals surface area contributed by atoms with E-state index in [2.05, 4.69) is 0 Å². The van der Waals surface area contributed by atoms with Crippen LogP contribution < -0.4 is 0 Å². The topological polar surface area (TPSA) is 20.2 Å². The van der Waals surface area contributed by atoms with Gasteiger partial charge in [-0.3, -0.25) is 0 Å². The predicted molar refractivity (Wildman–Crippen MR) is 65.5 cm³/mol. The summed E-state index contributed by atoms with van der Waals surface area (Å²) in [5, 5.41) is 10.5. The van der Waals surface area contributed by atoms with E-state index in [0.29, 0.717) is 0 Å². The number of rotatable bonds is 4. The molecule has 0 bridgehead atoms. The van der Waals surface area contributed by atoms with Gasteiger partial charge in [0, 0.05) is 5.56 Å². The smallest absolute Gasteiger partial charge is 0.130 e. The number of aliphatic hydroxyl groups excluding tert-OH is 1. The van der Waals surface area contributed by atoms with Gasteiger partial charge >= 0.3 is 0 Å². The Morgan fingerprint density at radius 2 is 1.81 bits per heavy atom. The number of benzene rings is 1. The molecule has 1 aromatic rings. The standard InChI is InChI=1S/C12H15Cl2FO/c1-3-7(4-2)12(16)10-9(15)6-5-8(13)11(10)14/h5-7,12,16H,3-4H2,1-2H3. The summed E-state index contributed by atoms with van der Waals surface area (Å²) in [4.78, 5) is 0. The third-order valence-corrected chi connectivity index (χ3v) is 3.69. The molecule has 0 fully saturated rings. The van der Waals surface area contributed by atoms with E-state index in [1.807, 2.05) is 13.8 Å². The molecule has 0 spiro atoms. The van der Waals surface area contributed by atoms with Crippen molar-refractivity contribution in [3.63, 3.8) is 0 Å². The highest BCUT2D eigenvalue weighted by Gasteiger charge is 2.24. The second kappa shape index (κ2) is 5.85. The van der Waals surface area contributed by atoms with Crippen LogP contribution >= 0.6 is 23.2 Å². The summed E-state index contributed by atoms with van der Waals surface area (Å²) < 4.78 is 13.6. The van der Waals surface area contributed by atoms with Crippen molar-refractivity contribution < 1.29 is 9.50 Å². The summed E-state index contributed by atoms with van der Waals surface area (Å²) in [6.07, 6.45) is 0.626. The van der Waals surface area contributed by atoms with Gasteiger partial charge in [-0.25, -0.2) is 4.39 Å². The van der Waals surface area contributed by atoms with Crippen LogP contribution in [0.4, 0.5) is 4.39 Å². The SMILES string of the molecule is CCC(CC)C(O)c1c(F)ccc(Cl)c1Cl. The van der Waals surface area contributed by atoms with Crippen LogP contribution in [0.2, 0.25) is 10.0 Å². The highest BCUT2D eigenvalue weighted by molar-refractivity contribution is 6.42. The van der Waals surface area contributed by atoms with E-state index in [4.69, 9.17) is 23.2 Å². The molecular weight excluding hydrogens is 250 g/mol. The Labute approximate surface area is 105 Å². The summed E-state index contributed by atoms with van der Waals surface area (Å²) in [5.41, 5.74) is 0.114. The van der Waals surface area contributed by atoms with Gasteiger partial charge in [0.25, 0.3) is 0 Å². The Kier molecular flexibility index (Phi) is 5.03. The molecule has 0 saturated carbocycles. The van der Waals surface area contributed by atoms with Crippen molar-refractivity contribution in [3.8, 4) is 0 Å². The lowest BCUT2D eigenvalue weighted by Crippen LogP contribution is -2.13. The molecule has 1 N–H and O–H groups in total. The Balaban J connectivity index is 3.16. The maximum atomic E-state index is 13.6. The average molecular weight is 265 g/mol. The number of hydrogen-bond acceptors (Lipinski definition) is 1. The van der Waals surface area contributed by atoms with E-state index in [-0.39, 0.29) is 21.5 Å². The van der Waals surface area contributed by atoms with Crippen molar-refractivity contribution >= 4 is 23.2 Å². The Hall–Kier alpha value is -0.310. The van der Waals surface area contributed by atoms with Gasteiger partial charge in [-0.1, -0.05) is 49.9 Å². The lowest BCUT2D eigenvalue weighted by Gasteiger charge is -2.22. The number of hydrogen-bond donors (Lipinski definition) is 1. The molecule has 1 aromatic carbocycles. The lowest BCUT2D eigenvalue weighted by atomic mass is 9.91. The van der Waals surface area contributed by atoms with Crippen LogP contribution in [0.3, 0.4) is 0 Å². The summed E-state index contributed by atoms with van der Waals surface area (Å²) in [7, 11) is 0. The van der Waals surface area contributed by atoms with Crippen molar-refractivity contribution in [1.82, 2.24) is 0 Å². The fourth-order valence-electron chi connectivity index (χ4n) is 1.78. The molecule has 0 amide bonds. The molecule has 0 aliphatic carbocycles. The first kappa shape index (κ1) is 13.8. The molecule has 0 aromatic heterocycles. The van der Waals surface area contributed by atoms with Crippen molar-refractivity contribution in [2.45, 2.75) is 32.8 Å². The molecule has 4 heteroatoms. The van der Waals surface area contributed by atoms with Gasteiger partial charge in [-0.15, -0.1) is 0 Å². The molecule has 90 valence electrons. The van der Waals surface area contributed by atoms with E-state index < -0.39 is 11.9 Å². The van der Waals surface area contributed by atoms with Crippen LogP contribution in [0.5, 0.6) is 0 Å². The molecule has 1 nitrogen and oxygen atoms in total. The normalized spacial score (nSPS) is 13.2. The van der Waals surface area contributed by atoms with Crippen LogP contribution in [-0.4, -0.2) is 5.11 Å². The van der Waals surface area contributed by atoms with Crippen LogP contribution in [0, 0.1) is 11.7 Å². The minimum absolute atomic E-state index is 0.00883. The van der Waals surface area contributed by atoms with Gasteiger partial charge in [0.15, 0.2) is 0 Å². The highest BCUT2D eigenvalue weighted by atomic mass is 35.5. The number of aliphatic hydroxyl groups is 1. The molecule has 1 unspecified atom stereocenters. The zero-order valence-electron chi connectivity index (χ0n) is 9.30.